The Labute approximate surface area is 147 Å². The summed E-state index contributed by atoms with van der Waals surface area (Å²) in [5.74, 6) is -0.679. The van der Waals surface area contributed by atoms with Gasteiger partial charge in [0.1, 0.15) is 0 Å². The third-order valence-corrected chi connectivity index (χ3v) is 4.82. The molecule has 0 aliphatic carbocycles. The highest BCUT2D eigenvalue weighted by Crippen LogP contribution is 2.38. The molecule has 1 aromatic rings. The summed E-state index contributed by atoms with van der Waals surface area (Å²) in [7, 11) is 0. The Morgan fingerprint density at radius 3 is 2.38 bits per heavy atom. The molecular formula is C19H23NO3S. The first-order chi connectivity index (χ1) is 11.5. The maximum atomic E-state index is 12.6. The first-order valence-corrected chi connectivity index (χ1v) is 9.17. The van der Waals surface area contributed by atoms with Crippen LogP contribution in [0.5, 0.6) is 0 Å². The standard InChI is InChI=1S/C19H23NO3S/c1-4-9-14-15(19(23)24-5-2)12(3)20-17(16(14)18(21)22)13-10-7-6-8-11-13/h6-8,10-11,14,20H,4-5,9H2,1-3H3,(H,21,22). The fourth-order valence-electron chi connectivity index (χ4n) is 3.07. The van der Waals surface area contributed by atoms with Gasteiger partial charge in [0.15, 0.2) is 0 Å². The van der Waals surface area contributed by atoms with Crippen LogP contribution in [0.25, 0.3) is 5.70 Å². The van der Waals surface area contributed by atoms with Crippen molar-refractivity contribution in [3.8, 4) is 0 Å². The SMILES string of the molecule is CCCC1C(C(=O)SCC)=C(C)NC(c2ccccc2)=C1C(=O)O. The van der Waals surface area contributed by atoms with E-state index < -0.39 is 5.97 Å². The van der Waals surface area contributed by atoms with Crippen molar-refractivity contribution >= 4 is 28.5 Å². The first-order valence-electron chi connectivity index (χ1n) is 8.19. The van der Waals surface area contributed by atoms with Gasteiger partial charge in [-0.2, -0.15) is 0 Å². The summed E-state index contributed by atoms with van der Waals surface area (Å²) in [5, 5.41) is 13.0. The van der Waals surface area contributed by atoms with Crippen molar-refractivity contribution in [2.45, 2.75) is 33.6 Å². The van der Waals surface area contributed by atoms with Gasteiger partial charge in [0.2, 0.25) is 5.12 Å². The number of carboxylic acid groups (broad SMARTS) is 1. The number of allylic oxidation sites excluding steroid dienone is 1. The highest BCUT2D eigenvalue weighted by molar-refractivity contribution is 8.14. The molecule has 0 fully saturated rings. The number of rotatable bonds is 6. The second kappa shape index (κ2) is 8.20. The van der Waals surface area contributed by atoms with Crippen LogP contribution < -0.4 is 5.32 Å². The van der Waals surface area contributed by atoms with E-state index in [0.29, 0.717) is 23.4 Å². The van der Waals surface area contributed by atoms with Crippen LogP contribution in [0.4, 0.5) is 0 Å². The minimum Gasteiger partial charge on any atom is -0.478 e. The summed E-state index contributed by atoms with van der Waals surface area (Å²) in [6.07, 6.45) is 1.45. The number of hydrogen-bond acceptors (Lipinski definition) is 4. The molecule has 2 rings (SSSR count). The van der Waals surface area contributed by atoms with Gasteiger partial charge in [0, 0.05) is 17.2 Å². The molecule has 0 saturated heterocycles. The number of carboxylic acids is 1. The number of carbonyl (C=O) groups excluding carboxylic acids is 1. The van der Waals surface area contributed by atoms with Crippen LogP contribution in [0.3, 0.4) is 0 Å². The van der Waals surface area contributed by atoms with Gasteiger partial charge in [-0.3, -0.25) is 4.79 Å². The van der Waals surface area contributed by atoms with E-state index in [4.69, 9.17) is 0 Å². The van der Waals surface area contributed by atoms with Gasteiger partial charge in [-0.15, -0.1) is 0 Å². The number of carbonyl (C=O) groups is 2. The van der Waals surface area contributed by atoms with E-state index in [1.807, 2.05) is 51.1 Å². The predicted octanol–water partition coefficient (Wildman–Crippen LogP) is 4.06. The minimum atomic E-state index is -0.973. The van der Waals surface area contributed by atoms with Crippen LogP contribution in [0, 0.1) is 5.92 Å². The predicted molar refractivity (Wildman–Crippen MR) is 98.4 cm³/mol. The van der Waals surface area contributed by atoms with E-state index in [1.54, 1.807) is 0 Å². The second-order valence-electron chi connectivity index (χ2n) is 5.69. The highest BCUT2D eigenvalue weighted by Gasteiger charge is 2.35. The summed E-state index contributed by atoms with van der Waals surface area (Å²) < 4.78 is 0. The van der Waals surface area contributed by atoms with E-state index >= 15 is 0 Å². The van der Waals surface area contributed by atoms with Crippen LogP contribution in [0.1, 0.15) is 39.2 Å². The molecule has 1 aromatic carbocycles. The molecule has 0 radical (unpaired) electrons. The summed E-state index contributed by atoms with van der Waals surface area (Å²) >= 11 is 1.23. The van der Waals surface area contributed by atoms with Crippen LogP contribution in [-0.4, -0.2) is 21.9 Å². The van der Waals surface area contributed by atoms with Crippen LogP contribution in [0.15, 0.2) is 47.2 Å². The van der Waals surface area contributed by atoms with E-state index in [9.17, 15) is 14.7 Å². The Morgan fingerprint density at radius 2 is 1.83 bits per heavy atom. The number of thioether (sulfide) groups is 1. The molecule has 2 N–H and O–H groups in total. The van der Waals surface area contributed by atoms with Crippen molar-refractivity contribution in [3.05, 3.63) is 52.7 Å². The maximum absolute atomic E-state index is 12.6. The topological polar surface area (TPSA) is 66.4 Å². The molecule has 0 aromatic heterocycles. The molecule has 1 unspecified atom stereocenters. The lowest BCUT2D eigenvalue weighted by Gasteiger charge is -2.30. The smallest absolute Gasteiger partial charge is 0.334 e. The monoisotopic (exact) mass is 345 g/mol. The number of dihydropyridines is 1. The van der Waals surface area contributed by atoms with E-state index in [0.717, 1.165) is 17.7 Å². The Morgan fingerprint density at radius 1 is 1.17 bits per heavy atom. The summed E-state index contributed by atoms with van der Waals surface area (Å²) in [4.78, 5) is 24.6. The molecule has 0 amide bonds. The van der Waals surface area contributed by atoms with Crippen molar-refractivity contribution in [2.24, 2.45) is 5.92 Å². The Hall–Kier alpha value is -2.01. The number of hydrogen-bond donors (Lipinski definition) is 2. The van der Waals surface area contributed by atoms with Crippen LogP contribution in [-0.2, 0) is 9.59 Å². The highest BCUT2D eigenvalue weighted by atomic mass is 32.2. The Bertz CT molecular complexity index is 692. The average molecular weight is 345 g/mol. The fraction of sp³-hybridized carbons (Fsp3) is 0.368. The van der Waals surface area contributed by atoms with Gasteiger partial charge in [-0.05, 0) is 24.7 Å². The minimum absolute atomic E-state index is 0.0354. The third kappa shape index (κ3) is 3.73. The summed E-state index contributed by atoms with van der Waals surface area (Å²) in [6, 6.07) is 9.42. The lowest BCUT2D eigenvalue weighted by Crippen LogP contribution is -2.31. The van der Waals surface area contributed by atoms with Gasteiger partial charge >= 0.3 is 5.97 Å². The van der Waals surface area contributed by atoms with Gasteiger partial charge < -0.3 is 10.4 Å². The molecule has 1 aliphatic heterocycles. The van der Waals surface area contributed by atoms with Crippen LogP contribution in [0.2, 0.25) is 0 Å². The molecule has 24 heavy (non-hydrogen) atoms. The van der Waals surface area contributed by atoms with Crippen molar-refractivity contribution < 1.29 is 14.7 Å². The third-order valence-electron chi connectivity index (χ3n) is 4.05. The number of aliphatic carboxylic acids is 1. The quantitative estimate of drug-likeness (QED) is 0.814. The molecule has 5 heteroatoms. The Kier molecular flexibility index (Phi) is 6.26. The molecule has 1 heterocycles. The fourth-order valence-corrected chi connectivity index (χ4v) is 3.79. The van der Waals surface area contributed by atoms with Crippen LogP contribution >= 0.6 is 11.8 Å². The molecular weight excluding hydrogens is 322 g/mol. The zero-order valence-corrected chi connectivity index (χ0v) is 15.1. The van der Waals surface area contributed by atoms with Gasteiger partial charge in [0.25, 0.3) is 0 Å². The normalized spacial score (nSPS) is 17.7. The second-order valence-corrected chi connectivity index (χ2v) is 6.92. The lowest BCUT2D eigenvalue weighted by molar-refractivity contribution is -0.133. The zero-order valence-electron chi connectivity index (χ0n) is 14.3. The summed E-state index contributed by atoms with van der Waals surface area (Å²) in [6.45, 7) is 5.79. The number of benzene rings is 1. The van der Waals surface area contributed by atoms with Gasteiger partial charge in [-0.25, -0.2) is 4.79 Å². The molecule has 0 spiro atoms. The van der Waals surface area contributed by atoms with Crippen molar-refractivity contribution in [1.29, 1.82) is 0 Å². The molecule has 1 atom stereocenters. The lowest BCUT2D eigenvalue weighted by atomic mass is 9.81. The van der Waals surface area contributed by atoms with Crippen molar-refractivity contribution in [2.75, 3.05) is 5.75 Å². The largest absolute Gasteiger partial charge is 0.478 e. The zero-order chi connectivity index (χ0) is 17.7. The maximum Gasteiger partial charge on any atom is 0.334 e. The first kappa shape index (κ1) is 18.3. The van der Waals surface area contributed by atoms with Crippen molar-refractivity contribution in [1.82, 2.24) is 5.32 Å². The average Bonchev–Trinajstić information content (AvgIpc) is 2.55. The molecule has 0 saturated carbocycles. The Balaban J connectivity index is 2.59. The molecule has 0 bridgehead atoms. The van der Waals surface area contributed by atoms with E-state index in [-0.39, 0.29) is 16.6 Å². The molecule has 1 aliphatic rings. The van der Waals surface area contributed by atoms with Gasteiger partial charge in [-0.1, -0.05) is 62.4 Å². The molecule has 4 nitrogen and oxygen atoms in total. The van der Waals surface area contributed by atoms with Crippen molar-refractivity contribution in [3.63, 3.8) is 0 Å². The molecule has 128 valence electrons. The van der Waals surface area contributed by atoms with E-state index in [2.05, 4.69) is 5.32 Å². The summed E-state index contributed by atoms with van der Waals surface area (Å²) in [5.41, 5.74) is 3.06. The van der Waals surface area contributed by atoms with Gasteiger partial charge in [0.05, 0.1) is 11.3 Å². The number of nitrogens with one attached hydrogen (secondary N) is 1. The van der Waals surface area contributed by atoms with E-state index in [1.165, 1.54) is 11.8 Å².